The van der Waals surface area contributed by atoms with E-state index in [1.165, 1.54) is 11.6 Å². The summed E-state index contributed by atoms with van der Waals surface area (Å²) in [7, 11) is 0. The van der Waals surface area contributed by atoms with Crippen molar-refractivity contribution < 1.29 is 19.4 Å². The maximum atomic E-state index is 11.9. The predicted molar refractivity (Wildman–Crippen MR) is 73.9 cm³/mol. The molecule has 0 aliphatic carbocycles. The van der Waals surface area contributed by atoms with Crippen molar-refractivity contribution in [2.24, 2.45) is 0 Å². The van der Waals surface area contributed by atoms with Crippen molar-refractivity contribution in [2.75, 3.05) is 13.2 Å². The smallest absolute Gasteiger partial charge is 0.359 e. The van der Waals surface area contributed by atoms with Crippen molar-refractivity contribution in [3.63, 3.8) is 0 Å². The van der Waals surface area contributed by atoms with E-state index in [-0.39, 0.29) is 31.2 Å². The molecular weight excluding hydrogens is 260 g/mol. The number of aliphatic hydroxyl groups excluding tert-OH is 1. The van der Waals surface area contributed by atoms with Crippen LogP contribution in [0.1, 0.15) is 60.2 Å². The van der Waals surface area contributed by atoms with Gasteiger partial charge in [-0.1, -0.05) is 13.3 Å². The van der Waals surface area contributed by atoms with Gasteiger partial charge in [0.1, 0.15) is 5.69 Å². The molecule has 0 saturated heterocycles. The molecule has 0 saturated carbocycles. The number of Topliss-reactive ketones (excluding diaryl/α,β-unsaturated/α-hetero) is 1. The van der Waals surface area contributed by atoms with E-state index in [2.05, 4.69) is 5.10 Å². The average molecular weight is 282 g/mol. The minimum Gasteiger partial charge on any atom is -0.461 e. The van der Waals surface area contributed by atoms with Gasteiger partial charge in [-0.2, -0.15) is 5.10 Å². The fourth-order valence-electron chi connectivity index (χ4n) is 2.10. The summed E-state index contributed by atoms with van der Waals surface area (Å²) in [5, 5.41) is 13.2. The van der Waals surface area contributed by atoms with E-state index in [4.69, 9.17) is 9.84 Å². The van der Waals surface area contributed by atoms with Gasteiger partial charge in [0.05, 0.1) is 19.8 Å². The molecule has 1 N–H and O–H groups in total. The van der Waals surface area contributed by atoms with E-state index in [0.717, 1.165) is 12.8 Å². The third-order valence-corrected chi connectivity index (χ3v) is 2.94. The Bertz CT molecular complexity index is 480. The highest BCUT2D eigenvalue weighted by Crippen LogP contribution is 2.19. The molecule has 6 nitrogen and oxygen atoms in total. The molecule has 1 aromatic rings. The third kappa shape index (κ3) is 3.66. The second-order valence-corrected chi connectivity index (χ2v) is 4.50. The lowest BCUT2D eigenvalue weighted by molar-refractivity contribution is 0.0516. The Kier molecular flexibility index (Phi) is 6.38. The quantitative estimate of drug-likeness (QED) is 0.578. The second-order valence-electron chi connectivity index (χ2n) is 4.50. The number of esters is 1. The highest BCUT2D eigenvalue weighted by Gasteiger charge is 2.25. The van der Waals surface area contributed by atoms with Gasteiger partial charge in [-0.15, -0.1) is 0 Å². The molecule has 0 aliphatic heterocycles. The van der Waals surface area contributed by atoms with Crippen LogP contribution in [0, 0.1) is 0 Å². The molecule has 0 fully saturated rings. The number of carbonyl (C=O) groups is 2. The van der Waals surface area contributed by atoms with Gasteiger partial charge in [0.2, 0.25) is 0 Å². The lowest BCUT2D eigenvalue weighted by atomic mass is 10.0. The normalized spacial score (nSPS) is 10.6. The number of rotatable bonds is 8. The molecule has 20 heavy (non-hydrogen) atoms. The molecule has 0 aromatic carbocycles. The fourth-order valence-corrected chi connectivity index (χ4v) is 2.10. The van der Waals surface area contributed by atoms with Gasteiger partial charge in [0, 0.05) is 12.5 Å². The number of ether oxygens (including phenoxy) is 1. The number of nitrogens with zero attached hydrogens (tertiary/aromatic N) is 2. The van der Waals surface area contributed by atoms with Crippen molar-refractivity contribution in [2.45, 2.75) is 46.6 Å². The predicted octanol–water partition coefficient (Wildman–Crippen LogP) is 1.60. The van der Waals surface area contributed by atoms with Crippen molar-refractivity contribution in [1.82, 2.24) is 9.78 Å². The monoisotopic (exact) mass is 282 g/mol. The highest BCUT2D eigenvalue weighted by molar-refractivity contribution is 5.98. The first-order chi connectivity index (χ1) is 9.56. The van der Waals surface area contributed by atoms with Crippen molar-refractivity contribution in [3.05, 3.63) is 17.0 Å². The first-order valence-corrected chi connectivity index (χ1v) is 6.95. The molecule has 0 bridgehead atoms. The number of carbonyl (C=O) groups excluding carboxylic acids is 2. The van der Waals surface area contributed by atoms with Crippen LogP contribution in [0.3, 0.4) is 0 Å². The lowest BCUT2D eigenvalue weighted by Gasteiger charge is -2.05. The topological polar surface area (TPSA) is 81.4 Å². The zero-order chi connectivity index (χ0) is 15.1. The summed E-state index contributed by atoms with van der Waals surface area (Å²) in [6.45, 7) is 5.50. The SMILES string of the molecule is CCCCc1c(C(=O)OCC)nn(CCO)c1C(C)=O. The summed E-state index contributed by atoms with van der Waals surface area (Å²) >= 11 is 0. The highest BCUT2D eigenvalue weighted by atomic mass is 16.5. The van der Waals surface area contributed by atoms with Gasteiger partial charge in [0.15, 0.2) is 11.5 Å². The van der Waals surface area contributed by atoms with Crippen molar-refractivity contribution in [3.8, 4) is 0 Å². The van der Waals surface area contributed by atoms with Gasteiger partial charge in [-0.25, -0.2) is 4.79 Å². The Labute approximate surface area is 118 Å². The average Bonchev–Trinajstić information content (AvgIpc) is 2.75. The van der Waals surface area contributed by atoms with Crippen LogP contribution in [-0.4, -0.2) is 39.9 Å². The molecule has 6 heteroatoms. The van der Waals surface area contributed by atoms with Crippen LogP contribution in [0.15, 0.2) is 0 Å². The van der Waals surface area contributed by atoms with Gasteiger partial charge in [-0.3, -0.25) is 9.48 Å². The van der Waals surface area contributed by atoms with E-state index < -0.39 is 5.97 Å². The van der Waals surface area contributed by atoms with Gasteiger partial charge >= 0.3 is 5.97 Å². The van der Waals surface area contributed by atoms with Crippen molar-refractivity contribution in [1.29, 1.82) is 0 Å². The van der Waals surface area contributed by atoms with Crippen LogP contribution in [0.5, 0.6) is 0 Å². The molecular formula is C14H22N2O4. The van der Waals surface area contributed by atoms with E-state index in [0.29, 0.717) is 17.7 Å². The summed E-state index contributed by atoms with van der Waals surface area (Å²) < 4.78 is 6.39. The van der Waals surface area contributed by atoms with Crippen LogP contribution in [0.4, 0.5) is 0 Å². The molecule has 112 valence electrons. The van der Waals surface area contributed by atoms with Crippen LogP contribution < -0.4 is 0 Å². The van der Waals surface area contributed by atoms with E-state index in [1.807, 2.05) is 6.92 Å². The van der Waals surface area contributed by atoms with Crippen LogP contribution in [0.25, 0.3) is 0 Å². The van der Waals surface area contributed by atoms with Gasteiger partial charge in [-0.05, 0) is 19.8 Å². The number of ketones is 1. The fraction of sp³-hybridized carbons (Fsp3) is 0.643. The number of aliphatic hydroxyl groups is 1. The van der Waals surface area contributed by atoms with Gasteiger partial charge < -0.3 is 9.84 Å². The van der Waals surface area contributed by atoms with Crippen molar-refractivity contribution >= 4 is 11.8 Å². The summed E-state index contributed by atoms with van der Waals surface area (Å²) in [6.07, 6.45) is 2.41. The maximum absolute atomic E-state index is 11.9. The number of unbranched alkanes of at least 4 members (excludes halogenated alkanes) is 1. The molecule has 0 spiro atoms. The largest absolute Gasteiger partial charge is 0.461 e. The molecule has 0 aliphatic rings. The summed E-state index contributed by atoms with van der Waals surface area (Å²) in [6, 6.07) is 0. The lowest BCUT2D eigenvalue weighted by Crippen LogP contribution is -2.12. The Morgan fingerprint density at radius 2 is 2.05 bits per heavy atom. The number of aromatic nitrogens is 2. The molecule has 1 heterocycles. The molecule has 0 amide bonds. The Hall–Kier alpha value is -1.69. The van der Waals surface area contributed by atoms with E-state index in [9.17, 15) is 9.59 Å². The molecule has 0 unspecified atom stereocenters. The Morgan fingerprint density at radius 1 is 1.35 bits per heavy atom. The molecule has 0 atom stereocenters. The second kappa shape index (κ2) is 7.79. The molecule has 0 radical (unpaired) electrons. The Morgan fingerprint density at radius 3 is 2.55 bits per heavy atom. The van der Waals surface area contributed by atoms with Crippen LogP contribution >= 0.6 is 0 Å². The zero-order valence-electron chi connectivity index (χ0n) is 12.3. The van der Waals surface area contributed by atoms with E-state index in [1.54, 1.807) is 6.92 Å². The standard InChI is InChI=1S/C14H22N2O4/c1-4-6-7-11-12(14(19)20-5-2)15-16(8-9-17)13(11)10(3)18/h17H,4-9H2,1-3H3. The summed E-state index contributed by atoms with van der Waals surface area (Å²) in [5.74, 6) is -0.676. The molecule has 1 rings (SSSR count). The van der Waals surface area contributed by atoms with Gasteiger partial charge in [0.25, 0.3) is 0 Å². The van der Waals surface area contributed by atoms with Crippen LogP contribution in [-0.2, 0) is 17.7 Å². The first-order valence-electron chi connectivity index (χ1n) is 6.95. The minimum absolute atomic E-state index is 0.141. The number of hydrogen-bond acceptors (Lipinski definition) is 5. The maximum Gasteiger partial charge on any atom is 0.359 e. The molecule has 1 aromatic heterocycles. The van der Waals surface area contributed by atoms with E-state index >= 15 is 0 Å². The van der Waals surface area contributed by atoms with Crippen LogP contribution in [0.2, 0.25) is 0 Å². The third-order valence-electron chi connectivity index (χ3n) is 2.94. The zero-order valence-corrected chi connectivity index (χ0v) is 12.3. The number of hydrogen-bond donors (Lipinski definition) is 1. The minimum atomic E-state index is -0.516. The summed E-state index contributed by atoms with van der Waals surface area (Å²) in [5.41, 5.74) is 1.22. The Balaban J connectivity index is 3.29. The summed E-state index contributed by atoms with van der Waals surface area (Å²) in [4.78, 5) is 23.8. The first kappa shape index (κ1) is 16.4.